The standard InChI is InChI=1S/C14H13F3N4O3.HI/c15-14(16,17)24-10-4-2-1-3-9(10)21-13(19)20-7-8-5-6-11(23-8)12(18)22;/h1-6H,7H2,(H2,18,22)(H3,19,20,21);1H. The summed E-state index contributed by atoms with van der Waals surface area (Å²) in [5.41, 5.74) is 10.7. The first-order valence-electron chi connectivity index (χ1n) is 6.55. The van der Waals surface area contributed by atoms with Crippen LogP contribution in [0.2, 0.25) is 0 Å². The number of guanidine groups is 1. The zero-order valence-corrected chi connectivity index (χ0v) is 14.9. The van der Waals surface area contributed by atoms with Gasteiger partial charge >= 0.3 is 6.36 Å². The minimum atomic E-state index is -4.83. The second-order valence-electron chi connectivity index (χ2n) is 4.50. The number of amides is 1. The van der Waals surface area contributed by atoms with E-state index >= 15 is 0 Å². The van der Waals surface area contributed by atoms with Crippen molar-refractivity contribution < 1.29 is 27.1 Å². The molecule has 0 aliphatic heterocycles. The number of primary amides is 1. The molecular formula is C14H14F3IN4O3. The molecular weight excluding hydrogens is 456 g/mol. The zero-order valence-electron chi connectivity index (χ0n) is 12.5. The molecule has 0 radical (unpaired) electrons. The molecule has 7 nitrogen and oxygen atoms in total. The van der Waals surface area contributed by atoms with Gasteiger partial charge in [-0.1, -0.05) is 12.1 Å². The van der Waals surface area contributed by atoms with Gasteiger partial charge in [-0.05, 0) is 24.3 Å². The quantitative estimate of drug-likeness (QED) is 0.353. The summed E-state index contributed by atoms with van der Waals surface area (Å²) in [6.07, 6.45) is -4.83. The number of hydrogen-bond donors (Lipinski definition) is 3. The highest BCUT2D eigenvalue weighted by Gasteiger charge is 2.32. The summed E-state index contributed by atoms with van der Waals surface area (Å²) < 4.78 is 46.0. The predicted octanol–water partition coefficient (Wildman–Crippen LogP) is 2.82. The van der Waals surface area contributed by atoms with Gasteiger partial charge < -0.3 is 25.9 Å². The van der Waals surface area contributed by atoms with E-state index in [0.717, 1.165) is 6.07 Å². The van der Waals surface area contributed by atoms with Crippen molar-refractivity contribution in [3.8, 4) is 5.75 Å². The van der Waals surface area contributed by atoms with Gasteiger partial charge in [-0.25, -0.2) is 4.99 Å². The van der Waals surface area contributed by atoms with Crippen molar-refractivity contribution in [1.29, 1.82) is 0 Å². The molecule has 0 saturated heterocycles. The number of aliphatic imine (C=N–C) groups is 1. The molecule has 1 aromatic heterocycles. The van der Waals surface area contributed by atoms with E-state index in [1.54, 1.807) is 0 Å². The van der Waals surface area contributed by atoms with Crippen LogP contribution in [0.15, 0.2) is 45.8 Å². The van der Waals surface area contributed by atoms with Gasteiger partial charge in [-0.3, -0.25) is 4.79 Å². The largest absolute Gasteiger partial charge is 0.573 e. The summed E-state index contributed by atoms with van der Waals surface area (Å²) in [5.74, 6) is -1.05. The summed E-state index contributed by atoms with van der Waals surface area (Å²) in [6.45, 7) is -0.0333. The van der Waals surface area contributed by atoms with Crippen LogP contribution in [0.5, 0.6) is 5.75 Å². The smallest absolute Gasteiger partial charge is 0.454 e. The lowest BCUT2D eigenvalue weighted by atomic mass is 10.3. The normalized spacial score (nSPS) is 11.6. The monoisotopic (exact) mass is 470 g/mol. The van der Waals surface area contributed by atoms with E-state index in [4.69, 9.17) is 15.9 Å². The Kier molecular flexibility index (Phi) is 7.09. The van der Waals surface area contributed by atoms with E-state index in [2.05, 4.69) is 15.0 Å². The van der Waals surface area contributed by atoms with Crippen LogP contribution in [0, 0.1) is 0 Å². The maximum Gasteiger partial charge on any atom is 0.573 e. The predicted molar refractivity (Wildman–Crippen MR) is 94.7 cm³/mol. The number of furan rings is 1. The highest BCUT2D eigenvalue weighted by molar-refractivity contribution is 14.0. The number of para-hydroxylation sites is 2. The average molecular weight is 470 g/mol. The molecule has 1 aromatic carbocycles. The molecule has 0 bridgehead atoms. The Morgan fingerprint density at radius 1 is 1.20 bits per heavy atom. The van der Waals surface area contributed by atoms with E-state index in [9.17, 15) is 18.0 Å². The highest BCUT2D eigenvalue weighted by Crippen LogP contribution is 2.29. The molecule has 5 N–H and O–H groups in total. The van der Waals surface area contributed by atoms with Crippen LogP contribution in [-0.4, -0.2) is 18.2 Å². The molecule has 2 rings (SSSR count). The summed E-state index contributed by atoms with van der Waals surface area (Å²) in [7, 11) is 0. The van der Waals surface area contributed by atoms with Crippen LogP contribution >= 0.6 is 24.0 Å². The van der Waals surface area contributed by atoms with E-state index in [0.29, 0.717) is 5.76 Å². The van der Waals surface area contributed by atoms with Gasteiger partial charge in [-0.15, -0.1) is 37.1 Å². The average Bonchev–Trinajstić information content (AvgIpc) is 2.95. The molecule has 25 heavy (non-hydrogen) atoms. The third kappa shape index (κ3) is 6.52. The second kappa shape index (κ2) is 8.60. The second-order valence-corrected chi connectivity index (χ2v) is 4.50. The van der Waals surface area contributed by atoms with Gasteiger partial charge in [-0.2, -0.15) is 0 Å². The Bertz CT molecular complexity index is 762. The molecule has 0 aliphatic rings. The Balaban J connectivity index is 0.00000312. The van der Waals surface area contributed by atoms with E-state index < -0.39 is 18.0 Å². The molecule has 0 atom stereocenters. The van der Waals surface area contributed by atoms with E-state index in [1.807, 2.05) is 0 Å². The number of nitrogens with two attached hydrogens (primary N) is 2. The number of nitrogens with one attached hydrogen (secondary N) is 1. The van der Waals surface area contributed by atoms with Crippen molar-refractivity contribution >= 4 is 41.5 Å². The van der Waals surface area contributed by atoms with Gasteiger partial charge in [0.1, 0.15) is 12.3 Å². The summed E-state index contributed by atoms with van der Waals surface area (Å²) >= 11 is 0. The molecule has 0 saturated carbocycles. The number of benzene rings is 1. The Morgan fingerprint density at radius 2 is 1.88 bits per heavy atom. The number of carbonyl (C=O) groups excluding carboxylic acids is 1. The van der Waals surface area contributed by atoms with Crippen molar-refractivity contribution in [2.45, 2.75) is 12.9 Å². The van der Waals surface area contributed by atoms with Crippen LogP contribution < -0.4 is 21.5 Å². The lowest BCUT2D eigenvalue weighted by molar-refractivity contribution is -0.274. The summed E-state index contributed by atoms with van der Waals surface area (Å²) in [4.78, 5) is 14.8. The van der Waals surface area contributed by atoms with Gasteiger partial charge in [0.15, 0.2) is 17.5 Å². The Morgan fingerprint density at radius 3 is 2.48 bits per heavy atom. The molecule has 11 heteroatoms. The molecule has 0 aliphatic carbocycles. The fourth-order valence-electron chi connectivity index (χ4n) is 1.72. The van der Waals surface area contributed by atoms with Gasteiger partial charge in [0.25, 0.3) is 5.91 Å². The summed E-state index contributed by atoms with van der Waals surface area (Å²) in [6, 6.07) is 8.23. The fourth-order valence-corrected chi connectivity index (χ4v) is 1.72. The number of alkyl halides is 3. The first-order valence-corrected chi connectivity index (χ1v) is 6.55. The number of hydrogen-bond acceptors (Lipinski definition) is 4. The lowest BCUT2D eigenvalue weighted by Gasteiger charge is -2.13. The topological polar surface area (TPSA) is 116 Å². The van der Waals surface area contributed by atoms with E-state index in [-0.39, 0.29) is 47.9 Å². The third-order valence-corrected chi connectivity index (χ3v) is 2.69. The van der Waals surface area contributed by atoms with Crippen molar-refractivity contribution in [1.82, 2.24) is 0 Å². The van der Waals surface area contributed by atoms with Crippen LogP contribution in [0.4, 0.5) is 18.9 Å². The van der Waals surface area contributed by atoms with Crippen molar-refractivity contribution in [3.05, 3.63) is 47.9 Å². The van der Waals surface area contributed by atoms with Crippen LogP contribution in [0.25, 0.3) is 0 Å². The number of carbonyl (C=O) groups is 1. The third-order valence-electron chi connectivity index (χ3n) is 2.69. The number of rotatable bonds is 5. The van der Waals surface area contributed by atoms with Crippen molar-refractivity contribution in [2.75, 3.05) is 5.32 Å². The molecule has 2 aromatic rings. The van der Waals surface area contributed by atoms with Gasteiger partial charge in [0, 0.05) is 0 Å². The SMILES string of the molecule is I.NC(=O)c1ccc(CN=C(N)Nc2ccccc2OC(F)(F)F)o1. The number of halogens is 4. The van der Waals surface area contributed by atoms with Crippen molar-refractivity contribution in [3.63, 3.8) is 0 Å². The van der Waals surface area contributed by atoms with Crippen LogP contribution in [-0.2, 0) is 6.54 Å². The summed E-state index contributed by atoms with van der Waals surface area (Å²) in [5, 5.41) is 2.50. The number of anilines is 1. The number of nitrogens with zero attached hydrogens (tertiary/aromatic N) is 1. The Hall–Kier alpha value is -2.44. The molecule has 1 heterocycles. The highest BCUT2D eigenvalue weighted by atomic mass is 127. The first kappa shape index (κ1) is 20.6. The van der Waals surface area contributed by atoms with Crippen LogP contribution in [0.3, 0.4) is 0 Å². The minimum Gasteiger partial charge on any atom is -0.454 e. The molecule has 0 spiro atoms. The molecule has 0 fully saturated rings. The zero-order chi connectivity index (χ0) is 17.7. The Labute approximate surface area is 157 Å². The maximum absolute atomic E-state index is 12.3. The fraction of sp³-hybridized carbons (Fsp3) is 0.143. The maximum atomic E-state index is 12.3. The molecule has 136 valence electrons. The number of ether oxygens (including phenoxy) is 1. The minimum absolute atomic E-state index is 0. The van der Waals surface area contributed by atoms with E-state index in [1.165, 1.54) is 30.3 Å². The van der Waals surface area contributed by atoms with Crippen LogP contribution in [0.1, 0.15) is 16.3 Å². The lowest BCUT2D eigenvalue weighted by Crippen LogP contribution is -2.24. The van der Waals surface area contributed by atoms with Crippen molar-refractivity contribution in [2.24, 2.45) is 16.5 Å². The molecule has 0 unspecified atom stereocenters. The van der Waals surface area contributed by atoms with Gasteiger partial charge in [0.05, 0.1) is 5.69 Å². The first-order chi connectivity index (χ1) is 11.2. The van der Waals surface area contributed by atoms with Gasteiger partial charge in [0.2, 0.25) is 0 Å². The molecule has 1 amide bonds.